The van der Waals surface area contributed by atoms with Gasteiger partial charge in [0.2, 0.25) is 0 Å². The van der Waals surface area contributed by atoms with Crippen LogP contribution in [0.25, 0.3) is 11.1 Å². The Morgan fingerprint density at radius 3 is 2.39 bits per heavy atom. The lowest BCUT2D eigenvalue weighted by Crippen LogP contribution is -2.28. The van der Waals surface area contributed by atoms with Gasteiger partial charge in [-0.05, 0) is 38.0 Å². The Balaban J connectivity index is 2.38. The molecule has 0 aliphatic rings. The van der Waals surface area contributed by atoms with Crippen LogP contribution in [0, 0.1) is 0 Å². The van der Waals surface area contributed by atoms with E-state index in [1.165, 1.54) is 30.5 Å². The SMILES string of the molecule is CC(C)(C)OC(=O)Nc1cc(-c2cccc(CC(F)(F)F)c2)cnc1C(=O)O. The number of benzene rings is 1. The van der Waals surface area contributed by atoms with Crippen LogP contribution in [0.4, 0.5) is 23.7 Å². The first kappa shape index (κ1) is 21.2. The molecule has 2 rings (SSSR count). The van der Waals surface area contributed by atoms with Crippen LogP contribution in [0.2, 0.25) is 0 Å². The second-order valence-corrected chi connectivity index (χ2v) is 7.04. The van der Waals surface area contributed by atoms with Crippen molar-refractivity contribution in [3.05, 3.63) is 47.8 Å². The van der Waals surface area contributed by atoms with Crippen LogP contribution in [0.1, 0.15) is 36.8 Å². The quantitative estimate of drug-likeness (QED) is 0.768. The number of carboxylic acid groups (broad SMARTS) is 1. The van der Waals surface area contributed by atoms with Crippen LogP contribution in [0.15, 0.2) is 36.5 Å². The van der Waals surface area contributed by atoms with E-state index in [2.05, 4.69) is 10.3 Å². The number of amides is 1. The number of carbonyl (C=O) groups excluding carboxylic acids is 1. The molecule has 0 radical (unpaired) electrons. The minimum Gasteiger partial charge on any atom is -0.476 e. The van der Waals surface area contributed by atoms with Crippen molar-refractivity contribution >= 4 is 17.7 Å². The van der Waals surface area contributed by atoms with Crippen LogP contribution in [-0.4, -0.2) is 33.9 Å². The van der Waals surface area contributed by atoms with Crippen molar-refractivity contribution in [1.29, 1.82) is 0 Å². The summed E-state index contributed by atoms with van der Waals surface area (Å²) in [5.41, 5.74) is -0.543. The third kappa shape index (κ3) is 6.26. The molecule has 0 bridgehead atoms. The largest absolute Gasteiger partial charge is 0.476 e. The summed E-state index contributed by atoms with van der Waals surface area (Å²) >= 11 is 0. The van der Waals surface area contributed by atoms with Gasteiger partial charge in [0.1, 0.15) is 5.60 Å². The normalized spacial score (nSPS) is 11.8. The molecule has 2 aromatic rings. The maximum absolute atomic E-state index is 12.6. The van der Waals surface area contributed by atoms with Gasteiger partial charge in [-0.25, -0.2) is 14.6 Å². The van der Waals surface area contributed by atoms with Crippen LogP contribution in [-0.2, 0) is 11.2 Å². The lowest BCUT2D eigenvalue weighted by atomic mass is 10.0. The number of carboxylic acids is 1. The Morgan fingerprint density at radius 1 is 1.14 bits per heavy atom. The third-order valence-electron chi connectivity index (χ3n) is 3.39. The topological polar surface area (TPSA) is 88.5 Å². The fourth-order valence-electron chi connectivity index (χ4n) is 2.39. The summed E-state index contributed by atoms with van der Waals surface area (Å²) in [6, 6.07) is 7.03. The number of anilines is 1. The molecular formula is C19H19F3N2O4. The highest BCUT2D eigenvalue weighted by atomic mass is 19.4. The van der Waals surface area contributed by atoms with E-state index in [9.17, 15) is 27.9 Å². The van der Waals surface area contributed by atoms with Gasteiger partial charge in [0, 0.05) is 11.8 Å². The Labute approximate surface area is 159 Å². The second kappa shape index (κ2) is 7.87. The number of pyridine rings is 1. The average Bonchev–Trinajstić information content (AvgIpc) is 2.51. The Kier molecular flexibility index (Phi) is 5.96. The van der Waals surface area contributed by atoms with Crippen LogP contribution in [0.5, 0.6) is 0 Å². The van der Waals surface area contributed by atoms with Crippen LogP contribution < -0.4 is 5.32 Å². The molecule has 1 heterocycles. The number of aromatic nitrogens is 1. The summed E-state index contributed by atoms with van der Waals surface area (Å²) in [5.74, 6) is -1.37. The van der Waals surface area contributed by atoms with Gasteiger partial charge in [-0.3, -0.25) is 5.32 Å². The molecule has 150 valence electrons. The number of nitrogens with one attached hydrogen (secondary N) is 1. The van der Waals surface area contributed by atoms with E-state index in [4.69, 9.17) is 4.74 Å². The molecule has 0 spiro atoms. The van der Waals surface area contributed by atoms with E-state index >= 15 is 0 Å². The maximum Gasteiger partial charge on any atom is 0.412 e. The number of alkyl halides is 3. The zero-order valence-electron chi connectivity index (χ0n) is 15.4. The molecule has 0 unspecified atom stereocenters. The number of hydrogen-bond donors (Lipinski definition) is 2. The lowest BCUT2D eigenvalue weighted by molar-refractivity contribution is -0.127. The molecule has 0 atom stereocenters. The molecule has 6 nitrogen and oxygen atoms in total. The zero-order valence-corrected chi connectivity index (χ0v) is 15.4. The number of carbonyl (C=O) groups is 2. The molecule has 9 heteroatoms. The minimum absolute atomic E-state index is 0.0500. The molecule has 28 heavy (non-hydrogen) atoms. The van der Waals surface area contributed by atoms with Crippen molar-refractivity contribution in [3.8, 4) is 11.1 Å². The highest BCUT2D eigenvalue weighted by Crippen LogP contribution is 2.28. The highest BCUT2D eigenvalue weighted by molar-refractivity contribution is 5.98. The second-order valence-electron chi connectivity index (χ2n) is 7.04. The number of nitrogens with zero attached hydrogens (tertiary/aromatic N) is 1. The molecule has 1 amide bonds. The smallest absolute Gasteiger partial charge is 0.412 e. The summed E-state index contributed by atoms with van der Waals surface area (Å²) in [4.78, 5) is 27.2. The van der Waals surface area contributed by atoms with E-state index in [-0.39, 0.29) is 11.3 Å². The predicted octanol–water partition coefficient (Wildman–Crippen LogP) is 4.90. The maximum atomic E-state index is 12.6. The molecule has 0 aliphatic heterocycles. The van der Waals surface area contributed by atoms with E-state index in [0.29, 0.717) is 11.1 Å². The first-order valence-electron chi connectivity index (χ1n) is 8.23. The molecule has 0 fully saturated rings. The summed E-state index contributed by atoms with van der Waals surface area (Å²) < 4.78 is 43.0. The summed E-state index contributed by atoms with van der Waals surface area (Å²) in [6.07, 6.45) is -5.10. The van der Waals surface area contributed by atoms with Gasteiger partial charge >= 0.3 is 18.2 Å². The Hall–Kier alpha value is -3.10. The number of aromatic carboxylic acids is 1. The predicted molar refractivity (Wildman–Crippen MR) is 96.2 cm³/mol. The molecular weight excluding hydrogens is 377 g/mol. The number of rotatable bonds is 4. The first-order chi connectivity index (χ1) is 12.8. The first-order valence-corrected chi connectivity index (χ1v) is 8.23. The fraction of sp³-hybridized carbons (Fsp3) is 0.316. The van der Waals surface area contributed by atoms with Crippen LogP contribution >= 0.6 is 0 Å². The van der Waals surface area contributed by atoms with Crippen LogP contribution in [0.3, 0.4) is 0 Å². The average molecular weight is 396 g/mol. The molecule has 1 aromatic carbocycles. The molecule has 0 aliphatic carbocycles. The fourth-order valence-corrected chi connectivity index (χ4v) is 2.39. The monoisotopic (exact) mass is 396 g/mol. The molecule has 2 N–H and O–H groups in total. The van der Waals surface area contributed by atoms with E-state index in [1.807, 2.05) is 0 Å². The van der Waals surface area contributed by atoms with Gasteiger partial charge in [0.05, 0.1) is 12.1 Å². The highest BCUT2D eigenvalue weighted by Gasteiger charge is 2.27. The van der Waals surface area contributed by atoms with Gasteiger partial charge in [0.25, 0.3) is 0 Å². The summed E-state index contributed by atoms with van der Waals surface area (Å²) in [7, 11) is 0. The van der Waals surface area contributed by atoms with Crippen molar-refractivity contribution in [2.45, 2.75) is 39.0 Å². The number of ether oxygens (including phenoxy) is 1. The van der Waals surface area contributed by atoms with Crippen molar-refractivity contribution < 1.29 is 32.6 Å². The minimum atomic E-state index is -4.35. The molecule has 0 saturated carbocycles. The molecule has 0 saturated heterocycles. The standard InChI is InChI=1S/C19H19F3N2O4/c1-18(2,3)28-17(27)24-14-8-13(10-23-15(14)16(25)26)12-6-4-5-11(7-12)9-19(20,21)22/h4-8,10H,9H2,1-3H3,(H,24,27)(H,25,26). The van der Waals surface area contributed by atoms with Crippen molar-refractivity contribution in [2.75, 3.05) is 5.32 Å². The van der Waals surface area contributed by atoms with Gasteiger partial charge < -0.3 is 9.84 Å². The summed E-state index contributed by atoms with van der Waals surface area (Å²) in [6.45, 7) is 4.93. The van der Waals surface area contributed by atoms with Gasteiger partial charge in [-0.2, -0.15) is 13.2 Å². The van der Waals surface area contributed by atoms with Crippen molar-refractivity contribution in [3.63, 3.8) is 0 Å². The van der Waals surface area contributed by atoms with Crippen molar-refractivity contribution in [2.24, 2.45) is 0 Å². The van der Waals surface area contributed by atoms with Crippen molar-refractivity contribution in [1.82, 2.24) is 4.98 Å². The van der Waals surface area contributed by atoms with E-state index in [0.717, 1.165) is 0 Å². The lowest BCUT2D eigenvalue weighted by Gasteiger charge is -2.20. The number of hydrogen-bond acceptors (Lipinski definition) is 4. The van der Waals surface area contributed by atoms with Gasteiger partial charge in [0.15, 0.2) is 5.69 Å². The van der Waals surface area contributed by atoms with Gasteiger partial charge in [-0.15, -0.1) is 0 Å². The summed E-state index contributed by atoms with van der Waals surface area (Å²) in [5, 5.41) is 11.6. The van der Waals surface area contributed by atoms with Gasteiger partial charge in [-0.1, -0.05) is 24.3 Å². The number of halogens is 3. The third-order valence-corrected chi connectivity index (χ3v) is 3.39. The Bertz CT molecular complexity index is 889. The molecule has 1 aromatic heterocycles. The van der Waals surface area contributed by atoms with E-state index < -0.39 is 36.0 Å². The Morgan fingerprint density at radius 2 is 1.82 bits per heavy atom. The van der Waals surface area contributed by atoms with E-state index in [1.54, 1.807) is 26.8 Å². The zero-order chi connectivity index (χ0) is 21.1.